The van der Waals surface area contributed by atoms with Gasteiger partial charge in [-0.1, -0.05) is 6.07 Å². The highest BCUT2D eigenvalue weighted by atomic mass is 19.1. The molecule has 1 aromatic heterocycles. The standard InChI is InChI=1S/C15H9FN4O/c16-13-7-12(20-6-2-1-3-15(20)21)4-5-14(13)19-10-11(8-17)9-18/h1-7,10,19H. The maximum atomic E-state index is 14.0. The van der Waals surface area contributed by atoms with Crippen LogP contribution in [0.25, 0.3) is 5.69 Å². The smallest absolute Gasteiger partial charge is 0.255 e. The molecule has 6 heteroatoms. The summed E-state index contributed by atoms with van der Waals surface area (Å²) in [7, 11) is 0. The Morgan fingerprint density at radius 1 is 1.24 bits per heavy atom. The topological polar surface area (TPSA) is 81.6 Å². The van der Waals surface area contributed by atoms with Gasteiger partial charge in [-0.15, -0.1) is 0 Å². The number of nitrogens with one attached hydrogen (secondary N) is 1. The molecule has 0 atom stereocenters. The Morgan fingerprint density at radius 2 is 2.00 bits per heavy atom. The highest BCUT2D eigenvalue weighted by Crippen LogP contribution is 2.17. The molecule has 0 saturated heterocycles. The van der Waals surface area contributed by atoms with Crippen molar-refractivity contribution in [2.24, 2.45) is 0 Å². The van der Waals surface area contributed by atoms with Gasteiger partial charge in [0.15, 0.2) is 0 Å². The van der Waals surface area contributed by atoms with Crippen molar-refractivity contribution < 1.29 is 4.39 Å². The third-order valence-electron chi connectivity index (χ3n) is 2.67. The molecule has 5 nitrogen and oxygen atoms in total. The van der Waals surface area contributed by atoms with Gasteiger partial charge < -0.3 is 5.32 Å². The van der Waals surface area contributed by atoms with Gasteiger partial charge in [0.2, 0.25) is 0 Å². The molecule has 102 valence electrons. The summed E-state index contributed by atoms with van der Waals surface area (Å²) >= 11 is 0. The van der Waals surface area contributed by atoms with Gasteiger partial charge in [0.25, 0.3) is 5.56 Å². The Labute approximate surface area is 119 Å². The molecule has 0 radical (unpaired) electrons. The van der Waals surface area contributed by atoms with Crippen molar-refractivity contribution in [1.29, 1.82) is 10.5 Å². The van der Waals surface area contributed by atoms with Crippen molar-refractivity contribution >= 4 is 5.69 Å². The van der Waals surface area contributed by atoms with Gasteiger partial charge in [-0.05, 0) is 18.2 Å². The van der Waals surface area contributed by atoms with E-state index in [9.17, 15) is 9.18 Å². The first kappa shape index (κ1) is 14.0. The number of benzene rings is 1. The number of halogens is 1. The lowest BCUT2D eigenvalue weighted by Gasteiger charge is -2.08. The second-order valence-electron chi connectivity index (χ2n) is 4.00. The Hall–Kier alpha value is -3.38. The molecule has 1 N–H and O–H groups in total. The molecule has 0 fully saturated rings. The minimum Gasteiger partial charge on any atom is -0.357 e. The second kappa shape index (κ2) is 6.18. The van der Waals surface area contributed by atoms with Crippen LogP contribution in [-0.2, 0) is 0 Å². The Balaban J connectivity index is 2.34. The van der Waals surface area contributed by atoms with Gasteiger partial charge in [-0.25, -0.2) is 4.39 Å². The quantitative estimate of drug-likeness (QED) is 0.875. The predicted octanol–water partition coefficient (Wildman–Crippen LogP) is 2.32. The summed E-state index contributed by atoms with van der Waals surface area (Å²) in [5.74, 6) is -0.602. The van der Waals surface area contributed by atoms with Crippen molar-refractivity contribution in [2.45, 2.75) is 0 Å². The molecule has 0 aliphatic heterocycles. The van der Waals surface area contributed by atoms with Crippen LogP contribution in [-0.4, -0.2) is 4.57 Å². The molecule has 21 heavy (non-hydrogen) atoms. The van der Waals surface area contributed by atoms with E-state index in [1.807, 2.05) is 0 Å². The average Bonchev–Trinajstić information content (AvgIpc) is 2.50. The van der Waals surface area contributed by atoms with E-state index in [4.69, 9.17) is 10.5 Å². The van der Waals surface area contributed by atoms with Crippen LogP contribution in [0.4, 0.5) is 10.1 Å². The zero-order chi connectivity index (χ0) is 15.2. The number of anilines is 1. The van der Waals surface area contributed by atoms with Gasteiger partial charge >= 0.3 is 0 Å². The number of pyridine rings is 1. The van der Waals surface area contributed by atoms with Crippen molar-refractivity contribution in [1.82, 2.24) is 4.57 Å². The number of nitriles is 2. The second-order valence-corrected chi connectivity index (χ2v) is 4.00. The Bertz CT molecular complexity index is 824. The third-order valence-corrected chi connectivity index (χ3v) is 2.67. The molecular formula is C15H9FN4O. The molecule has 0 bridgehead atoms. The van der Waals surface area contributed by atoms with Crippen LogP contribution >= 0.6 is 0 Å². The maximum Gasteiger partial charge on any atom is 0.255 e. The fourth-order valence-electron chi connectivity index (χ4n) is 1.65. The largest absolute Gasteiger partial charge is 0.357 e. The van der Waals surface area contributed by atoms with Crippen molar-refractivity contribution in [3.63, 3.8) is 0 Å². The molecule has 2 rings (SSSR count). The average molecular weight is 280 g/mol. The fraction of sp³-hybridized carbons (Fsp3) is 0. The van der Waals surface area contributed by atoms with E-state index < -0.39 is 5.82 Å². The molecule has 0 saturated carbocycles. The van der Waals surface area contributed by atoms with Crippen LogP contribution in [0.3, 0.4) is 0 Å². The molecule has 0 amide bonds. The van der Waals surface area contributed by atoms with Crippen molar-refractivity contribution in [3.8, 4) is 17.8 Å². The van der Waals surface area contributed by atoms with Crippen LogP contribution < -0.4 is 10.9 Å². The summed E-state index contributed by atoms with van der Waals surface area (Å²) in [5.41, 5.74) is 0.0469. The van der Waals surface area contributed by atoms with Crippen LogP contribution in [0.1, 0.15) is 0 Å². The summed E-state index contributed by atoms with van der Waals surface area (Å²) in [6, 6.07) is 12.1. The summed E-state index contributed by atoms with van der Waals surface area (Å²) in [5, 5.41) is 19.7. The predicted molar refractivity (Wildman–Crippen MR) is 74.9 cm³/mol. The van der Waals surface area contributed by atoms with Crippen LogP contribution in [0.2, 0.25) is 0 Å². The normalized spacial score (nSPS) is 9.29. The van der Waals surface area contributed by atoms with Crippen LogP contribution in [0, 0.1) is 28.5 Å². The van der Waals surface area contributed by atoms with Gasteiger partial charge in [0.05, 0.1) is 11.4 Å². The summed E-state index contributed by atoms with van der Waals surface area (Å²) in [6.45, 7) is 0. The molecule has 0 aliphatic rings. The van der Waals surface area contributed by atoms with E-state index in [1.54, 1.807) is 30.3 Å². The first-order valence-electron chi connectivity index (χ1n) is 5.90. The summed E-state index contributed by atoms with van der Waals surface area (Å²) in [4.78, 5) is 11.7. The zero-order valence-corrected chi connectivity index (χ0v) is 10.7. The number of hydrogen-bond acceptors (Lipinski definition) is 4. The number of nitrogens with zero attached hydrogens (tertiary/aromatic N) is 3. The van der Waals surface area contributed by atoms with Gasteiger partial charge in [0.1, 0.15) is 23.5 Å². The fourth-order valence-corrected chi connectivity index (χ4v) is 1.65. The highest BCUT2D eigenvalue weighted by Gasteiger charge is 2.05. The first-order chi connectivity index (χ1) is 10.2. The third kappa shape index (κ3) is 3.14. The van der Waals surface area contributed by atoms with Crippen molar-refractivity contribution in [3.05, 3.63) is 70.5 Å². The van der Waals surface area contributed by atoms with E-state index >= 15 is 0 Å². The molecule has 0 spiro atoms. The molecular weight excluding hydrogens is 271 g/mol. The van der Waals surface area contributed by atoms with Crippen molar-refractivity contribution in [2.75, 3.05) is 5.32 Å². The SMILES string of the molecule is N#CC(C#N)=CNc1ccc(-n2ccccc2=O)cc1F. The monoisotopic (exact) mass is 280 g/mol. The Morgan fingerprint density at radius 3 is 2.62 bits per heavy atom. The summed E-state index contributed by atoms with van der Waals surface area (Å²) < 4.78 is 15.3. The Kier molecular flexibility index (Phi) is 4.13. The molecule has 1 aromatic carbocycles. The van der Waals surface area contributed by atoms with E-state index in [2.05, 4.69) is 5.32 Å². The molecule has 0 aliphatic carbocycles. The minimum atomic E-state index is -0.602. The zero-order valence-electron chi connectivity index (χ0n) is 10.7. The number of allylic oxidation sites excluding steroid dienone is 1. The lowest BCUT2D eigenvalue weighted by molar-refractivity contribution is 0.630. The number of rotatable bonds is 3. The van der Waals surface area contributed by atoms with Crippen LogP contribution in [0.15, 0.2) is 59.2 Å². The van der Waals surface area contributed by atoms with Crippen LogP contribution in [0.5, 0.6) is 0 Å². The minimum absolute atomic E-state index is 0.103. The van der Waals surface area contributed by atoms with Gasteiger partial charge in [0, 0.05) is 24.5 Å². The first-order valence-corrected chi connectivity index (χ1v) is 5.90. The number of aromatic nitrogens is 1. The maximum absolute atomic E-state index is 14.0. The van der Waals surface area contributed by atoms with E-state index in [0.717, 1.165) is 6.20 Å². The van der Waals surface area contributed by atoms with E-state index in [-0.39, 0.29) is 16.8 Å². The van der Waals surface area contributed by atoms with Gasteiger partial charge in [-0.3, -0.25) is 9.36 Å². The van der Waals surface area contributed by atoms with E-state index in [1.165, 1.54) is 29.0 Å². The van der Waals surface area contributed by atoms with E-state index in [0.29, 0.717) is 5.69 Å². The summed E-state index contributed by atoms with van der Waals surface area (Å²) in [6.07, 6.45) is 2.65. The number of hydrogen-bond donors (Lipinski definition) is 1. The highest BCUT2D eigenvalue weighted by molar-refractivity contribution is 5.53. The molecule has 1 heterocycles. The molecule has 0 unspecified atom stereocenters. The lowest BCUT2D eigenvalue weighted by atomic mass is 10.2. The van der Waals surface area contributed by atoms with Gasteiger partial charge in [-0.2, -0.15) is 10.5 Å². The lowest BCUT2D eigenvalue weighted by Crippen LogP contribution is -2.15. The molecule has 2 aromatic rings.